The number of urea groups is 2. The number of carbonyl (C=O) groups excluding carboxylic acids is 3. The number of benzene rings is 6. The van der Waals surface area contributed by atoms with Gasteiger partial charge in [0.1, 0.15) is 52.1 Å². The number of nitrogens with zero attached hydrogens (tertiary/aromatic N) is 6. The summed E-state index contributed by atoms with van der Waals surface area (Å²) in [6.07, 6.45) is 15.3. The fraction of sp³-hybridized carbons (Fsp3) is 0.244. The maximum absolute atomic E-state index is 15.4. The Bertz CT molecular complexity index is 4760. The van der Waals surface area contributed by atoms with Crippen molar-refractivity contribution in [1.82, 2.24) is 30.6 Å². The number of methoxy groups -OCH3 is 4. The number of anilines is 4. The molecule has 0 aliphatic carbocycles. The summed E-state index contributed by atoms with van der Waals surface area (Å²) >= 11 is 13.7. The smallest absolute Gasteiger partial charge is 0.496 e. The molecule has 30 heteroatoms. The molecule has 584 valence electrons. The highest BCUT2D eigenvalue weighted by Crippen LogP contribution is 2.38. The number of amides is 4. The zero-order valence-electron chi connectivity index (χ0n) is 63.9. The van der Waals surface area contributed by atoms with Crippen LogP contribution in [-0.4, -0.2) is 122 Å². The first-order valence-electron chi connectivity index (χ1n) is 34.7. The third-order valence-corrected chi connectivity index (χ3v) is 18.8. The second kappa shape index (κ2) is 47.7. The lowest BCUT2D eigenvalue weighted by molar-refractivity contribution is 0.00578. The van der Waals surface area contributed by atoms with E-state index in [1.807, 2.05) is 114 Å². The number of pyridine rings is 4. The predicted octanol–water partition coefficient (Wildman–Crippen LogP) is 15.1. The van der Waals surface area contributed by atoms with Gasteiger partial charge in [-0.05, 0) is 250 Å². The van der Waals surface area contributed by atoms with E-state index >= 15 is 4.39 Å². The van der Waals surface area contributed by atoms with Gasteiger partial charge in [0.15, 0.2) is 0 Å². The number of isocyanates is 1. The number of alkyl halides is 1. The highest BCUT2D eigenvalue weighted by molar-refractivity contribution is 9.11. The highest BCUT2D eigenvalue weighted by atomic mass is 79.9. The van der Waals surface area contributed by atoms with Crippen LogP contribution in [0.1, 0.15) is 98.5 Å². The summed E-state index contributed by atoms with van der Waals surface area (Å²) in [5, 5.41) is 38.0. The molecule has 0 spiro atoms. The maximum Gasteiger partial charge on any atom is 0.496 e. The number of nitrogens with one attached hydrogen (secondary N) is 4. The SMILES string of the molecule is C#Cc1ccc(B(O)O)cc1.CC1(C)OB(c2ccc(N)nc2)OC1(C)C.CCN=C=O.CCNC(=O)Nc1ccc(Cc2ccc(OC)c(-c3cccc(C#N)c3)c2F)cn1.CCNC(=O)Nc1ccc(Cc2ccc(OC)c(Br)c2)cn1.COc1ccc(CBr)cc1Br.COc1ccc(Cc2ccc(N)nc2)cc1Br. The van der Waals surface area contributed by atoms with Crippen molar-refractivity contribution >= 4 is 130 Å². The van der Waals surface area contributed by atoms with Crippen LogP contribution in [0.15, 0.2) is 207 Å². The molecular formula is C82H89B2Br4FN12O11. The number of nitriles is 1. The van der Waals surface area contributed by atoms with Crippen LogP contribution in [0.5, 0.6) is 23.0 Å². The van der Waals surface area contributed by atoms with Gasteiger partial charge in [-0.15, -0.1) is 6.42 Å². The maximum atomic E-state index is 15.4. The lowest BCUT2D eigenvalue weighted by Gasteiger charge is -2.32. The molecule has 6 aromatic carbocycles. The Morgan fingerprint density at radius 1 is 0.589 bits per heavy atom. The standard InChI is InChI=1S/C23H21FN4O2.C16H18BrN3O2.C13H13BrN2O.C11H17BN2O2.C8H7BO2.C8H8Br2O.C3H5NO/c1-3-26-23(29)28-20-10-7-16(14-27-20)12-18-8-9-19(30-2)21(22(18)24)17-6-4-5-15(11-17)13-25;1-3-18-16(21)20-15-7-5-12(10-19-15)8-11-4-6-14(22-2)13(17)9-11;1-17-12-4-2-9(7-11(12)14)6-10-3-5-13(15)16-8-10;1-10(2)11(3,4)16-12(15-10)8-5-6-9(13)14-7-8;1-2-7-3-5-8(6-4-7)9(10)11;1-11-8-3-2-6(5-9)4-7(8)10;1-2-4-3-5/h4-11,14H,3,12H2,1-2H3,(H2,26,27,28,29);4-7,9-10H,3,8H2,1-2H3,(H2,18,19,20,21);2-5,7-8H,6H2,1H3,(H2,15,16);5-7H,1-4H3,(H2,13,14);1,3-6,10-11H;2-4H,5H2,1H3;2H2,1H3. The van der Waals surface area contributed by atoms with Crippen molar-refractivity contribution in [2.45, 2.75) is 84.3 Å². The van der Waals surface area contributed by atoms with Gasteiger partial charge in [-0.25, -0.2) is 43.7 Å². The topological polar surface area (TPSA) is 335 Å². The molecule has 1 aliphatic rings. The molecule has 5 heterocycles. The summed E-state index contributed by atoms with van der Waals surface area (Å²) < 4.78 is 50.9. The van der Waals surface area contributed by atoms with Crippen LogP contribution in [0.4, 0.5) is 37.3 Å². The summed E-state index contributed by atoms with van der Waals surface area (Å²) in [4.78, 5) is 51.8. The van der Waals surface area contributed by atoms with Crippen molar-refractivity contribution in [3.05, 3.63) is 258 Å². The Hall–Kier alpha value is -10.5. The minimum atomic E-state index is -1.41. The number of ether oxygens (including phenoxy) is 4. The highest BCUT2D eigenvalue weighted by Gasteiger charge is 2.51. The minimum absolute atomic E-state index is 0.248. The van der Waals surface area contributed by atoms with E-state index in [0.717, 1.165) is 82.1 Å². The fourth-order valence-electron chi connectivity index (χ4n) is 9.79. The fourth-order valence-corrected chi connectivity index (χ4v) is 11.9. The number of nitrogen functional groups attached to an aromatic ring is 2. The molecule has 1 saturated heterocycles. The number of rotatable bonds is 19. The molecule has 10 N–H and O–H groups in total. The van der Waals surface area contributed by atoms with E-state index in [4.69, 9.17) is 66.3 Å². The Labute approximate surface area is 688 Å². The third kappa shape index (κ3) is 30.3. The van der Waals surface area contributed by atoms with E-state index in [2.05, 4.69) is 128 Å². The second-order valence-electron chi connectivity index (χ2n) is 24.9. The Balaban J connectivity index is 0.000000245. The van der Waals surface area contributed by atoms with Gasteiger partial charge in [0, 0.05) is 67.2 Å². The number of terminal acetylenes is 1. The van der Waals surface area contributed by atoms with E-state index in [9.17, 15) is 9.59 Å². The van der Waals surface area contributed by atoms with E-state index in [1.54, 1.807) is 138 Å². The molecule has 1 aliphatic heterocycles. The molecule has 10 aromatic rings. The van der Waals surface area contributed by atoms with Crippen molar-refractivity contribution < 1.29 is 57.1 Å². The Kier molecular flexibility index (Phi) is 39.2. The first-order valence-corrected chi connectivity index (χ1v) is 38.2. The van der Waals surface area contributed by atoms with Crippen LogP contribution in [0.2, 0.25) is 0 Å². The summed E-state index contributed by atoms with van der Waals surface area (Å²) in [5.74, 6) is 6.92. The van der Waals surface area contributed by atoms with Crippen molar-refractivity contribution in [3.63, 3.8) is 0 Å². The number of aromatic nitrogens is 4. The van der Waals surface area contributed by atoms with E-state index < -0.39 is 12.9 Å². The van der Waals surface area contributed by atoms with Crippen LogP contribution in [0.25, 0.3) is 11.1 Å². The zero-order chi connectivity index (χ0) is 82.3. The van der Waals surface area contributed by atoms with E-state index in [0.29, 0.717) is 82.8 Å². The number of aliphatic imine (C=N–C) groups is 1. The van der Waals surface area contributed by atoms with Crippen molar-refractivity contribution in [2.75, 3.05) is 70.2 Å². The number of nitrogens with two attached hydrogens (primary N) is 2. The van der Waals surface area contributed by atoms with Crippen molar-refractivity contribution in [3.8, 4) is 52.5 Å². The predicted molar refractivity (Wildman–Crippen MR) is 456 cm³/mol. The summed E-state index contributed by atoms with van der Waals surface area (Å²) in [5.41, 5.74) is 20.9. The van der Waals surface area contributed by atoms with E-state index in [-0.39, 0.29) is 30.4 Å². The molecule has 23 nitrogen and oxygen atoms in total. The lowest BCUT2D eigenvalue weighted by atomic mass is 9.80. The Morgan fingerprint density at radius 3 is 1.42 bits per heavy atom. The molecule has 0 radical (unpaired) electrons. The first kappa shape index (κ1) is 92.1. The monoisotopic (exact) mass is 1770 g/mol. The molecule has 0 saturated carbocycles. The average molecular weight is 1780 g/mol. The quantitative estimate of drug-likeness (QED) is 0.0123. The van der Waals surface area contributed by atoms with Crippen LogP contribution >= 0.6 is 63.7 Å². The Morgan fingerprint density at radius 2 is 1.04 bits per heavy atom. The van der Waals surface area contributed by atoms with Gasteiger partial charge >= 0.3 is 26.3 Å². The molecule has 0 bridgehead atoms. The van der Waals surface area contributed by atoms with Gasteiger partial charge in [0.05, 0.1) is 70.3 Å². The molecule has 112 heavy (non-hydrogen) atoms. The van der Waals surface area contributed by atoms with E-state index in [1.165, 1.54) is 24.3 Å². The van der Waals surface area contributed by atoms with Gasteiger partial charge in [0.25, 0.3) is 0 Å². The van der Waals surface area contributed by atoms with Crippen LogP contribution < -0.4 is 62.6 Å². The number of carbonyl (C=O) groups is 2. The molecule has 0 unspecified atom stereocenters. The van der Waals surface area contributed by atoms with Gasteiger partial charge in [-0.3, -0.25) is 10.6 Å². The number of hydrogen-bond donors (Lipinski definition) is 8. The molecule has 11 rings (SSSR count). The van der Waals surface area contributed by atoms with Crippen molar-refractivity contribution in [2.24, 2.45) is 4.99 Å². The van der Waals surface area contributed by atoms with Gasteiger partial charge in [-0.1, -0.05) is 94.6 Å². The van der Waals surface area contributed by atoms with Gasteiger partial charge < -0.3 is 60.4 Å². The summed E-state index contributed by atoms with van der Waals surface area (Å²) in [6.45, 7) is 15.2. The molecule has 1 fully saturated rings. The minimum Gasteiger partial charge on any atom is -0.496 e. The number of halogens is 5. The van der Waals surface area contributed by atoms with Crippen LogP contribution in [0.3, 0.4) is 0 Å². The van der Waals surface area contributed by atoms with Crippen LogP contribution in [-0.2, 0) is 38.7 Å². The average Bonchev–Trinajstić information content (AvgIpc) is 1.61. The molecule has 0 atom stereocenters. The van der Waals surface area contributed by atoms with Gasteiger partial charge in [-0.2, -0.15) is 5.26 Å². The van der Waals surface area contributed by atoms with Gasteiger partial charge in [0.2, 0.25) is 6.08 Å². The lowest BCUT2D eigenvalue weighted by Crippen LogP contribution is -2.41. The van der Waals surface area contributed by atoms with Crippen molar-refractivity contribution in [1.29, 1.82) is 5.26 Å². The molecular weight excluding hydrogens is 1690 g/mol. The number of hydrogen-bond acceptors (Lipinski definition) is 19. The molecule has 4 aromatic heterocycles. The largest absolute Gasteiger partial charge is 0.496 e. The third-order valence-electron chi connectivity index (χ3n) is 16.3. The molecule has 4 amide bonds. The first-order chi connectivity index (χ1) is 53.6. The summed E-state index contributed by atoms with van der Waals surface area (Å²) in [6, 6.07) is 50.8. The normalized spacial score (nSPS) is 11.6. The second-order valence-corrected chi connectivity index (χ2v) is 28.0. The van der Waals surface area contributed by atoms with Crippen LogP contribution in [0, 0.1) is 29.5 Å². The zero-order valence-corrected chi connectivity index (χ0v) is 70.2. The summed E-state index contributed by atoms with van der Waals surface area (Å²) in [7, 11) is 4.66.